The maximum absolute atomic E-state index is 12.6. The first-order valence-corrected chi connectivity index (χ1v) is 8.14. The summed E-state index contributed by atoms with van der Waals surface area (Å²) in [4.78, 5) is 37.7. The largest absolute Gasteiger partial charge is 0.493 e. The summed E-state index contributed by atoms with van der Waals surface area (Å²) in [5.74, 6) is -0.757. The molecule has 1 N–H and O–H groups in total. The van der Waals surface area contributed by atoms with Gasteiger partial charge in [-0.2, -0.15) is 5.01 Å². The minimum absolute atomic E-state index is 0.106. The highest BCUT2D eigenvalue weighted by Gasteiger charge is 2.59. The molecular weight excluding hydrogens is 324 g/mol. The molecule has 0 spiro atoms. The van der Waals surface area contributed by atoms with Crippen LogP contribution in [0.5, 0.6) is 11.5 Å². The molecule has 25 heavy (non-hydrogen) atoms. The predicted molar refractivity (Wildman–Crippen MR) is 86.6 cm³/mol. The van der Waals surface area contributed by atoms with Gasteiger partial charge in [0, 0.05) is 5.56 Å². The van der Waals surface area contributed by atoms with Crippen molar-refractivity contribution in [3.63, 3.8) is 0 Å². The van der Waals surface area contributed by atoms with Crippen LogP contribution in [0.1, 0.15) is 16.8 Å². The van der Waals surface area contributed by atoms with E-state index in [2.05, 4.69) is 5.43 Å². The van der Waals surface area contributed by atoms with Crippen molar-refractivity contribution in [2.24, 2.45) is 23.7 Å². The molecule has 3 aliphatic rings. The molecule has 4 rings (SSSR count). The van der Waals surface area contributed by atoms with Crippen LogP contribution in [0.2, 0.25) is 0 Å². The lowest BCUT2D eigenvalue weighted by Crippen LogP contribution is -2.47. The van der Waals surface area contributed by atoms with E-state index in [0.717, 1.165) is 11.4 Å². The molecular formula is C18H18N2O5. The van der Waals surface area contributed by atoms with E-state index in [1.807, 2.05) is 12.2 Å². The summed E-state index contributed by atoms with van der Waals surface area (Å²) >= 11 is 0. The Labute approximate surface area is 144 Å². The van der Waals surface area contributed by atoms with Gasteiger partial charge in [-0.25, -0.2) is 0 Å². The Morgan fingerprint density at radius 1 is 1.04 bits per heavy atom. The second-order valence-electron chi connectivity index (χ2n) is 6.52. The van der Waals surface area contributed by atoms with Crippen molar-refractivity contribution >= 4 is 17.7 Å². The first kappa shape index (κ1) is 15.7. The van der Waals surface area contributed by atoms with Crippen LogP contribution in [0.25, 0.3) is 0 Å². The van der Waals surface area contributed by atoms with E-state index in [0.29, 0.717) is 11.5 Å². The number of hydrazine groups is 1. The molecule has 0 unspecified atom stereocenters. The lowest BCUT2D eigenvalue weighted by atomic mass is 9.85. The normalized spacial score (nSPS) is 29.1. The molecule has 1 aromatic carbocycles. The molecule has 7 heteroatoms. The lowest BCUT2D eigenvalue weighted by Gasteiger charge is -2.18. The SMILES string of the molecule is COc1ccc(C(=O)NN2C(=O)[C@@H]3[C@@H](C2=O)[C@@H]2C=C[C@@H]3C2)cc1OC. The third-order valence-corrected chi connectivity index (χ3v) is 5.33. The van der Waals surface area contributed by atoms with E-state index in [1.165, 1.54) is 20.3 Å². The van der Waals surface area contributed by atoms with Crippen LogP contribution in [0.15, 0.2) is 30.4 Å². The number of nitrogens with zero attached hydrogens (tertiary/aromatic N) is 1. The van der Waals surface area contributed by atoms with Crippen LogP contribution in [0.3, 0.4) is 0 Å². The van der Waals surface area contributed by atoms with Gasteiger partial charge in [-0.3, -0.25) is 19.8 Å². The molecule has 130 valence electrons. The third kappa shape index (κ3) is 2.22. The summed E-state index contributed by atoms with van der Waals surface area (Å²) in [5, 5.41) is 0.889. The van der Waals surface area contributed by atoms with Crippen LogP contribution < -0.4 is 14.9 Å². The van der Waals surface area contributed by atoms with E-state index >= 15 is 0 Å². The minimum atomic E-state index is -0.539. The fourth-order valence-corrected chi connectivity index (χ4v) is 4.16. The van der Waals surface area contributed by atoms with E-state index in [1.54, 1.807) is 12.1 Å². The zero-order valence-electron chi connectivity index (χ0n) is 13.9. The molecule has 1 aliphatic heterocycles. The second kappa shape index (κ2) is 5.61. The molecule has 0 aromatic heterocycles. The number of nitrogens with one attached hydrogen (secondary N) is 1. The van der Waals surface area contributed by atoms with Gasteiger partial charge in [0.15, 0.2) is 11.5 Å². The third-order valence-electron chi connectivity index (χ3n) is 5.33. The number of carbonyl (C=O) groups is 3. The van der Waals surface area contributed by atoms with Gasteiger partial charge in [0.05, 0.1) is 26.1 Å². The highest BCUT2D eigenvalue weighted by molar-refractivity contribution is 6.08. The van der Waals surface area contributed by atoms with Gasteiger partial charge in [-0.1, -0.05) is 12.2 Å². The zero-order chi connectivity index (χ0) is 17.7. The van der Waals surface area contributed by atoms with Gasteiger partial charge >= 0.3 is 0 Å². The van der Waals surface area contributed by atoms with E-state index < -0.39 is 5.91 Å². The summed E-state index contributed by atoms with van der Waals surface area (Å²) in [5.41, 5.74) is 2.73. The molecule has 0 radical (unpaired) electrons. The molecule has 3 amide bonds. The van der Waals surface area contributed by atoms with Gasteiger partial charge in [0.1, 0.15) is 0 Å². The number of rotatable bonds is 4. The monoisotopic (exact) mass is 342 g/mol. The quantitative estimate of drug-likeness (QED) is 0.655. The first-order valence-electron chi connectivity index (χ1n) is 8.14. The van der Waals surface area contributed by atoms with Gasteiger partial charge < -0.3 is 9.47 Å². The molecule has 1 aromatic rings. The number of amides is 3. The topological polar surface area (TPSA) is 84.9 Å². The lowest BCUT2D eigenvalue weighted by molar-refractivity contribution is -0.143. The maximum Gasteiger partial charge on any atom is 0.270 e. The second-order valence-corrected chi connectivity index (χ2v) is 6.52. The van der Waals surface area contributed by atoms with Crippen molar-refractivity contribution in [1.29, 1.82) is 0 Å². The fraction of sp³-hybridized carbons (Fsp3) is 0.389. The molecule has 2 fully saturated rings. The first-order chi connectivity index (χ1) is 12.0. The Balaban J connectivity index is 1.54. The van der Waals surface area contributed by atoms with Crippen molar-refractivity contribution in [2.75, 3.05) is 14.2 Å². The van der Waals surface area contributed by atoms with E-state index in [4.69, 9.17) is 9.47 Å². The van der Waals surface area contributed by atoms with Crippen LogP contribution in [-0.4, -0.2) is 37.0 Å². The Morgan fingerprint density at radius 2 is 1.64 bits per heavy atom. The van der Waals surface area contributed by atoms with Crippen molar-refractivity contribution < 1.29 is 23.9 Å². The predicted octanol–water partition coefficient (Wildman–Crippen LogP) is 1.16. The van der Waals surface area contributed by atoms with Gasteiger partial charge in [-0.05, 0) is 36.5 Å². The minimum Gasteiger partial charge on any atom is -0.493 e. The summed E-state index contributed by atoms with van der Waals surface area (Å²) in [7, 11) is 2.97. The molecule has 7 nitrogen and oxygen atoms in total. The number of allylic oxidation sites excluding steroid dienone is 2. The molecule has 2 aliphatic carbocycles. The number of fused-ring (bicyclic) bond motifs is 5. The zero-order valence-corrected chi connectivity index (χ0v) is 13.9. The number of carbonyl (C=O) groups excluding carboxylic acids is 3. The van der Waals surface area contributed by atoms with Crippen LogP contribution in [-0.2, 0) is 9.59 Å². The van der Waals surface area contributed by atoms with E-state index in [-0.39, 0.29) is 41.0 Å². The molecule has 1 saturated heterocycles. The molecule has 1 heterocycles. The van der Waals surface area contributed by atoms with E-state index in [9.17, 15) is 14.4 Å². The Bertz CT molecular complexity index is 773. The number of hydrogen-bond acceptors (Lipinski definition) is 5. The smallest absolute Gasteiger partial charge is 0.270 e. The molecule has 2 bridgehead atoms. The van der Waals surface area contributed by atoms with Crippen molar-refractivity contribution in [3.05, 3.63) is 35.9 Å². The van der Waals surface area contributed by atoms with Gasteiger partial charge in [-0.15, -0.1) is 0 Å². The fourth-order valence-electron chi connectivity index (χ4n) is 4.16. The number of benzene rings is 1. The van der Waals surface area contributed by atoms with Crippen molar-refractivity contribution in [2.45, 2.75) is 6.42 Å². The number of ether oxygens (including phenoxy) is 2. The molecule has 1 saturated carbocycles. The number of imide groups is 1. The Kier molecular flexibility index (Phi) is 3.52. The van der Waals surface area contributed by atoms with Gasteiger partial charge in [0.2, 0.25) is 0 Å². The highest BCUT2D eigenvalue weighted by atomic mass is 16.5. The number of hydrogen-bond donors (Lipinski definition) is 1. The summed E-state index contributed by atoms with van der Waals surface area (Å²) in [6, 6.07) is 4.65. The van der Waals surface area contributed by atoms with Crippen LogP contribution >= 0.6 is 0 Å². The average molecular weight is 342 g/mol. The average Bonchev–Trinajstić information content (AvgIpc) is 3.31. The summed E-state index contributed by atoms with van der Waals surface area (Å²) < 4.78 is 10.3. The standard InChI is InChI=1S/C18H18N2O5/c1-24-12-6-5-11(8-13(12)25-2)16(21)19-20-17(22)14-9-3-4-10(7-9)15(14)18(20)23/h3-6,8-10,14-15H,7H2,1-2H3,(H,19,21)/t9-,10-,14+,15+/m1/s1. The van der Waals surface area contributed by atoms with Crippen LogP contribution in [0, 0.1) is 23.7 Å². The maximum atomic E-state index is 12.6. The Morgan fingerprint density at radius 3 is 2.20 bits per heavy atom. The Hall–Kier alpha value is -2.83. The summed E-state index contributed by atoms with van der Waals surface area (Å²) in [6.45, 7) is 0. The van der Waals surface area contributed by atoms with Crippen molar-refractivity contribution in [1.82, 2.24) is 10.4 Å². The van der Waals surface area contributed by atoms with Crippen molar-refractivity contribution in [3.8, 4) is 11.5 Å². The summed E-state index contributed by atoms with van der Waals surface area (Å²) in [6.07, 6.45) is 4.87. The number of methoxy groups -OCH3 is 2. The molecule has 4 atom stereocenters. The van der Waals surface area contributed by atoms with Crippen LogP contribution in [0.4, 0.5) is 0 Å². The highest BCUT2D eigenvalue weighted by Crippen LogP contribution is 2.52. The van der Waals surface area contributed by atoms with Gasteiger partial charge in [0.25, 0.3) is 17.7 Å².